The van der Waals surface area contributed by atoms with E-state index in [-0.39, 0.29) is 5.91 Å². The van der Waals surface area contributed by atoms with Crippen molar-refractivity contribution in [2.75, 3.05) is 31.1 Å². The second-order valence-electron chi connectivity index (χ2n) is 5.90. The van der Waals surface area contributed by atoms with Crippen molar-refractivity contribution in [2.45, 2.75) is 19.4 Å². The molecule has 0 saturated carbocycles. The Morgan fingerprint density at radius 2 is 2.00 bits per heavy atom. The third kappa shape index (κ3) is 3.93. The van der Waals surface area contributed by atoms with Gasteiger partial charge in [-0.25, -0.2) is 0 Å². The molecule has 1 saturated heterocycles. The number of rotatable bonds is 4. The molecule has 124 valence electrons. The molecule has 1 fully saturated rings. The zero-order valence-corrected chi connectivity index (χ0v) is 13.6. The second-order valence-corrected chi connectivity index (χ2v) is 5.90. The van der Waals surface area contributed by atoms with Crippen molar-refractivity contribution < 1.29 is 4.79 Å². The summed E-state index contributed by atoms with van der Waals surface area (Å²) in [6, 6.07) is 11.6. The third-order valence-electron chi connectivity index (χ3n) is 4.32. The molecule has 6 nitrogen and oxygen atoms in total. The molecule has 0 spiro atoms. The van der Waals surface area contributed by atoms with Gasteiger partial charge in [-0.05, 0) is 36.8 Å². The highest BCUT2D eigenvalue weighted by Crippen LogP contribution is 2.17. The van der Waals surface area contributed by atoms with Gasteiger partial charge in [-0.1, -0.05) is 0 Å². The number of hydrogen-bond acceptors (Lipinski definition) is 4. The van der Waals surface area contributed by atoms with Crippen LogP contribution in [0.4, 0.5) is 5.69 Å². The Balaban J connectivity index is 1.54. The number of amides is 1. The highest BCUT2D eigenvalue weighted by molar-refractivity contribution is 5.76. The molecular formula is C18H21N5O. The summed E-state index contributed by atoms with van der Waals surface area (Å²) in [5.74, 6) is 0.187. The van der Waals surface area contributed by atoms with Crippen LogP contribution >= 0.6 is 0 Å². The van der Waals surface area contributed by atoms with Crippen molar-refractivity contribution in [2.24, 2.45) is 0 Å². The number of nitriles is 1. The van der Waals surface area contributed by atoms with Gasteiger partial charge in [-0.3, -0.25) is 9.48 Å². The lowest BCUT2D eigenvalue weighted by Gasteiger charge is -2.23. The smallest absolute Gasteiger partial charge is 0.224 e. The van der Waals surface area contributed by atoms with E-state index in [1.165, 1.54) is 0 Å². The lowest BCUT2D eigenvalue weighted by Crippen LogP contribution is -2.35. The normalized spacial score (nSPS) is 15.0. The number of carbonyl (C=O) groups excluding carboxylic acids is 1. The Labute approximate surface area is 141 Å². The van der Waals surface area contributed by atoms with Crippen molar-refractivity contribution in [3.8, 4) is 6.07 Å². The van der Waals surface area contributed by atoms with E-state index in [0.717, 1.165) is 38.3 Å². The van der Waals surface area contributed by atoms with E-state index in [1.807, 2.05) is 41.4 Å². The zero-order chi connectivity index (χ0) is 16.8. The SMILES string of the molecule is N#Cc1ccc(N2CCCN(C(=O)CCn3cccn3)CC2)cc1. The van der Waals surface area contributed by atoms with Crippen LogP contribution in [0.5, 0.6) is 0 Å². The summed E-state index contributed by atoms with van der Waals surface area (Å²) in [7, 11) is 0. The van der Waals surface area contributed by atoms with Crippen molar-refractivity contribution in [1.82, 2.24) is 14.7 Å². The van der Waals surface area contributed by atoms with Crippen LogP contribution in [-0.2, 0) is 11.3 Å². The van der Waals surface area contributed by atoms with Gasteiger partial charge >= 0.3 is 0 Å². The van der Waals surface area contributed by atoms with E-state index in [2.05, 4.69) is 16.1 Å². The standard InChI is InChI=1S/C18H21N5O/c19-15-16-3-5-17(6-4-16)21-9-2-10-22(14-13-21)18(24)7-12-23-11-1-8-20-23/h1,3-6,8,11H,2,7,9-10,12-14H2. The Hall–Kier alpha value is -2.81. The van der Waals surface area contributed by atoms with E-state index < -0.39 is 0 Å². The van der Waals surface area contributed by atoms with Gasteiger partial charge in [-0.15, -0.1) is 0 Å². The fourth-order valence-electron chi connectivity index (χ4n) is 2.97. The third-order valence-corrected chi connectivity index (χ3v) is 4.32. The molecule has 3 rings (SSSR count). The number of hydrogen-bond donors (Lipinski definition) is 0. The zero-order valence-electron chi connectivity index (χ0n) is 13.6. The van der Waals surface area contributed by atoms with Gasteiger partial charge in [0.05, 0.1) is 11.6 Å². The number of carbonyl (C=O) groups is 1. The van der Waals surface area contributed by atoms with Crippen LogP contribution in [0.15, 0.2) is 42.7 Å². The molecule has 1 aliphatic rings. The molecule has 0 unspecified atom stereocenters. The van der Waals surface area contributed by atoms with Crippen LogP contribution in [0.1, 0.15) is 18.4 Å². The molecule has 1 aromatic heterocycles. The number of benzene rings is 1. The molecule has 6 heteroatoms. The first-order valence-corrected chi connectivity index (χ1v) is 8.26. The molecule has 0 atom stereocenters. The van der Waals surface area contributed by atoms with E-state index in [9.17, 15) is 4.79 Å². The highest BCUT2D eigenvalue weighted by Gasteiger charge is 2.19. The molecule has 0 aliphatic carbocycles. The quantitative estimate of drug-likeness (QED) is 0.862. The number of anilines is 1. The number of aryl methyl sites for hydroxylation is 1. The van der Waals surface area contributed by atoms with Gasteiger partial charge in [0.2, 0.25) is 5.91 Å². The first-order valence-electron chi connectivity index (χ1n) is 8.26. The van der Waals surface area contributed by atoms with Crippen molar-refractivity contribution in [3.05, 3.63) is 48.3 Å². The van der Waals surface area contributed by atoms with Gasteiger partial charge in [0.15, 0.2) is 0 Å². The largest absolute Gasteiger partial charge is 0.370 e. The van der Waals surface area contributed by atoms with Crippen LogP contribution in [0.25, 0.3) is 0 Å². The van der Waals surface area contributed by atoms with Crippen LogP contribution in [0.2, 0.25) is 0 Å². The summed E-state index contributed by atoms with van der Waals surface area (Å²) in [5.41, 5.74) is 1.78. The van der Waals surface area contributed by atoms with Gasteiger partial charge < -0.3 is 9.80 Å². The number of nitrogens with zero attached hydrogens (tertiary/aromatic N) is 5. The minimum Gasteiger partial charge on any atom is -0.370 e. The van der Waals surface area contributed by atoms with E-state index >= 15 is 0 Å². The lowest BCUT2D eigenvalue weighted by atomic mass is 10.2. The Kier molecular flexibility index (Phi) is 5.12. The summed E-state index contributed by atoms with van der Waals surface area (Å²) >= 11 is 0. The maximum absolute atomic E-state index is 12.4. The monoisotopic (exact) mass is 323 g/mol. The maximum atomic E-state index is 12.4. The molecule has 0 bridgehead atoms. The van der Waals surface area contributed by atoms with Gasteiger partial charge in [0, 0.05) is 57.2 Å². The molecule has 2 aromatic rings. The van der Waals surface area contributed by atoms with Crippen molar-refractivity contribution in [1.29, 1.82) is 5.26 Å². The first kappa shape index (κ1) is 16.1. The van der Waals surface area contributed by atoms with Crippen LogP contribution in [-0.4, -0.2) is 46.8 Å². The van der Waals surface area contributed by atoms with E-state index in [4.69, 9.17) is 5.26 Å². The van der Waals surface area contributed by atoms with Gasteiger partial charge in [0.1, 0.15) is 0 Å². The van der Waals surface area contributed by atoms with Crippen LogP contribution < -0.4 is 4.90 Å². The Bertz CT molecular complexity index is 702. The Morgan fingerprint density at radius 1 is 1.17 bits per heavy atom. The summed E-state index contributed by atoms with van der Waals surface area (Å²) < 4.78 is 1.79. The summed E-state index contributed by atoms with van der Waals surface area (Å²) in [5, 5.41) is 13.0. The van der Waals surface area contributed by atoms with Crippen LogP contribution in [0.3, 0.4) is 0 Å². The van der Waals surface area contributed by atoms with E-state index in [1.54, 1.807) is 10.9 Å². The van der Waals surface area contributed by atoms with Gasteiger partial charge in [0.25, 0.3) is 0 Å². The molecular weight excluding hydrogens is 302 g/mol. The highest BCUT2D eigenvalue weighted by atomic mass is 16.2. The molecule has 1 aliphatic heterocycles. The second kappa shape index (κ2) is 7.64. The molecule has 0 N–H and O–H groups in total. The first-order chi connectivity index (χ1) is 11.8. The topological polar surface area (TPSA) is 65.2 Å². The fraction of sp³-hybridized carbons (Fsp3) is 0.389. The summed E-state index contributed by atoms with van der Waals surface area (Å²) in [4.78, 5) is 16.6. The van der Waals surface area contributed by atoms with Crippen molar-refractivity contribution in [3.63, 3.8) is 0 Å². The number of aromatic nitrogens is 2. The molecule has 1 amide bonds. The van der Waals surface area contributed by atoms with E-state index in [0.29, 0.717) is 18.5 Å². The van der Waals surface area contributed by atoms with Crippen LogP contribution in [0, 0.1) is 11.3 Å². The summed E-state index contributed by atoms with van der Waals surface area (Å²) in [6.07, 6.45) is 5.04. The lowest BCUT2D eigenvalue weighted by molar-refractivity contribution is -0.131. The molecule has 24 heavy (non-hydrogen) atoms. The molecule has 0 radical (unpaired) electrons. The molecule has 2 heterocycles. The Morgan fingerprint density at radius 3 is 2.71 bits per heavy atom. The average molecular weight is 323 g/mol. The minimum atomic E-state index is 0.187. The van der Waals surface area contributed by atoms with Gasteiger partial charge in [-0.2, -0.15) is 10.4 Å². The maximum Gasteiger partial charge on any atom is 0.224 e. The minimum absolute atomic E-state index is 0.187. The predicted molar refractivity (Wildman–Crippen MR) is 91.4 cm³/mol. The fourth-order valence-corrected chi connectivity index (χ4v) is 2.97. The molecule has 1 aromatic carbocycles. The van der Waals surface area contributed by atoms with Crippen molar-refractivity contribution >= 4 is 11.6 Å². The average Bonchev–Trinajstić information content (AvgIpc) is 3.02. The summed E-state index contributed by atoms with van der Waals surface area (Å²) in [6.45, 7) is 3.90. The predicted octanol–water partition coefficient (Wildman–Crippen LogP) is 1.88.